The zero-order valence-electron chi connectivity index (χ0n) is 11.0. The molecule has 0 spiro atoms. The minimum Gasteiger partial charge on any atom is -0.301 e. The zero-order chi connectivity index (χ0) is 13.6. The Morgan fingerprint density at radius 3 is 2.24 bits per heavy atom. The molecule has 4 heteroatoms. The quantitative estimate of drug-likeness (QED) is 0.544. The van der Waals surface area contributed by atoms with Crippen LogP contribution in [0.3, 0.4) is 0 Å². The number of hydrogen-bond acceptors (Lipinski definition) is 4. The Hall–Kier alpha value is -1.50. The predicted molar refractivity (Wildman–Crippen MR) is 65.8 cm³/mol. The van der Waals surface area contributed by atoms with Crippen molar-refractivity contribution in [3.05, 3.63) is 0 Å². The van der Waals surface area contributed by atoms with Gasteiger partial charge in [-0.1, -0.05) is 27.7 Å². The molecule has 0 aliphatic carbocycles. The maximum absolute atomic E-state index is 11.9. The van der Waals surface area contributed by atoms with Gasteiger partial charge in [0, 0.05) is 17.8 Å². The lowest BCUT2D eigenvalue weighted by Crippen LogP contribution is -2.37. The summed E-state index contributed by atoms with van der Waals surface area (Å²) in [7, 11) is 0. The monoisotopic (exact) mass is 236 g/mol. The highest BCUT2D eigenvalue weighted by Crippen LogP contribution is 2.23. The van der Waals surface area contributed by atoms with Crippen molar-refractivity contribution in [2.75, 3.05) is 0 Å². The molecule has 1 N–H and O–H groups in total. The van der Waals surface area contributed by atoms with E-state index < -0.39 is 22.9 Å². The standard InChI is InChI=1S/C13H20N2O2/c1-5-9(7-8-14)10(15)11(16)12(17)13(3,4)6-2/h9,15H,5-7H2,1-4H3. The van der Waals surface area contributed by atoms with Crippen LogP contribution in [0.2, 0.25) is 0 Å². The van der Waals surface area contributed by atoms with Crippen LogP contribution in [0.25, 0.3) is 0 Å². The molecule has 0 saturated heterocycles. The molecule has 0 saturated carbocycles. The molecule has 94 valence electrons. The largest absolute Gasteiger partial charge is 0.301 e. The number of nitrogens with one attached hydrogen (secondary N) is 1. The number of carbonyl (C=O) groups excluding carboxylic acids is 2. The van der Waals surface area contributed by atoms with Crippen LogP contribution in [-0.2, 0) is 9.59 Å². The van der Waals surface area contributed by atoms with Gasteiger partial charge in [0.25, 0.3) is 0 Å². The molecule has 0 aromatic heterocycles. The first kappa shape index (κ1) is 15.5. The summed E-state index contributed by atoms with van der Waals surface area (Å²) in [4.78, 5) is 23.7. The number of nitriles is 1. The predicted octanol–water partition coefficient (Wildman–Crippen LogP) is 2.52. The van der Waals surface area contributed by atoms with Crippen LogP contribution in [0.1, 0.15) is 47.0 Å². The number of rotatable bonds is 7. The maximum Gasteiger partial charge on any atom is 0.242 e. The topological polar surface area (TPSA) is 81.8 Å². The summed E-state index contributed by atoms with van der Waals surface area (Å²) in [6, 6.07) is 1.94. The van der Waals surface area contributed by atoms with Crippen molar-refractivity contribution in [3.8, 4) is 6.07 Å². The molecular formula is C13H20N2O2. The molecule has 0 aliphatic rings. The van der Waals surface area contributed by atoms with Gasteiger partial charge in [-0.05, 0) is 12.8 Å². The number of ketones is 2. The van der Waals surface area contributed by atoms with Gasteiger partial charge in [0.05, 0.1) is 11.8 Å². The van der Waals surface area contributed by atoms with E-state index in [2.05, 4.69) is 0 Å². The summed E-state index contributed by atoms with van der Waals surface area (Å²) in [6.07, 6.45) is 1.19. The Morgan fingerprint density at radius 1 is 1.35 bits per heavy atom. The Labute approximate surface area is 103 Å². The fourth-order valence-electron chi connectivity index (χ4n) is 1.34. The van der Waals surface area contributed by atoms with Gasteiger partial charge in [0.1, 0.15) is 0 Å². The van der Waals surface area contributed by atoms with E-state index in [0.717, 1.165) is 0 Å². The number of Topliss-reactive ketones (excluding diaryl/α,β-unsaturated/α-hetero) is 2. The van der Waals surface area contributed by atoms with Gasteiger partial charge >= 0.3 is 0 Å². The van der Waals surface area contributed by atoms with Crippen molar-refractivity contribution >= 4 is 17.3 Å². The van der Waals surface area contributed by atoms with Crippen molar-refractivity contribution in [2.24, 2.45) is 11.3 Å². The normalized spacial score (nSPS) is 12.6. The van der Waals surface area contributed by atoms with E-state index in [4.69, 9.17) is 10.7 Å². The van der Waals surface area contributed by atoms with Crippen LogP contribution in [0.15, 0.2) is 0 Å². The van der Waals surface area contributed by atoms with Gasteiger partial charge in [-0.15, -0.1) is 0 Å². The molecule has 0 fully saturated rings. The third-order valence-electron chi connectivity index (χ3n) is 3.19. The Bertz CT molecular complexity index is 364. The highest BCUT2D eigenvalue weighted by atomic mass is 16.2. The van der Waals surface area contributed by atoms with Gasteiger partial charge in [-0.3, -0.25) is 9.59 Å². The first-order chi connectivity index (χ1) is 7.81. The Morgan fingerprint density at radius 2 is 1.88 bits per heavy atom. The van der Waals surface area contributed by atoms with E-state index in [-0.39, 0.29) is 12.1 Å². The number of hydrogen-bond donors (Lipinski definition) is 1. The fourth-order valence-corrected chi connectivity index (χ4v) is 1.34. The Kier molecular flexibility index (Phi) is 5.73. The molecule has 0 heterocycles. The third kappa shape index (κ3) is 3.77. The van der Waals surface area contributed by atoms with Crippen LogP contribution in [0.4, 0.5) is 0 Å². The van der Waals surface area contributed by atoms with Gasteiger partial charge in [-0.2, -0.15) is 5.26 Å². The average molecular weight is 236 g/mol. The molecule has 0 aliphatic heterocycles. The van der Waals surface area contributed by atoms with Crippen LogP contribution in [0, 0.1) is 28.1 Å². The molecule has 0 amide bonds. The summed E-state index contributed by atoms with van der Waals surface area (Å²) < 4.78 is 0. The lowest BCUT2D eigenvalue weighted by Gasteiger charge is -2.21. The second-order valence-corrected chi connectivity index (χ2v) is 4.78. The van der Waals surface area contributed by atoms with Crippen LogP contribution in [0.5, 0.6) is 0 Å². The number of carbonyl (C=O) groups is 2. The molecule has 17 heavy (non-hydrogen) atoms. The van der Waals surface area contributed by atoms with Crippen molar-refractivity contribution in [1.29, 1.82) is 10.7 Å². The lowest BCUT2D eigenvalue weighted by molar-refractivity contribution is -0.138. The molecule has 0 radical (unpaired) electrons. The van der Waals surface area contributed by atoms with Gasteiger partial charge in [0.15, 0.2) is 0 Å². The second-order valence-electron chi connectivity index (χ2n) is 4.78. The molecule has 1 unspecified atom stereocenters. The van der Waals surface area contributed by atoms with E-state index in [1.54, 1.807) is 20.8 Å². The highest BCUT2D eigenvalue weighted by Gasteiger charge is 2.35. The molecular weight excluding hydrogens is 216 g/mol. The summed E-state index contributed by atoms with van der Waals surface area (Å²) in [5.41, 5.74) is -0.950. The number of nitrogens with zero attached hydrogens (tertiary/aromatic N) is 1. The average Bonchev–Trinajstić information content (AvgIpc) is 2.33. The zero-order valence-corrected chi connectivity index (χ0v) is 11.0. The first-order valence-corrected chi connectivity index (χ1v) is 5.86. The molecule has 0 aromatic carbocycles. The third-order valence-corrected chi connectivity index (χ3v) is 3.19. The van der Waals surface area contributed by atoms with Crippen molar-refractivity contribution < 1.29 is 9.59 Å². The molecule has 4 nitrogen and oxygen atoms in total. The van der Waals surface area contributed by atoms with E-state index in [1.807, 2.05) is 13.0 Å². The van der Waals surface area contributed by atoms with Gasteiger partial charge < -0.3 is 5.41 Å². The summed E-state index contributed by atoms with van der Waals surface area (Å²) in [5, 5.41) is 16.3. The SMILES string of the molecule is CCC(CC#N)C(=N)C(=O)C(=O)C(C)(C)CC. The summed E-state index contributed by atoms with van der Waals surface area (Å²) >= 11 is 0. The summed E-state index contributed by atoms with van der Waals surface area (Å²) in [6.45, 7) is 7.04. The molecule has 0 rings (SSSR count). The van der Waals surface area contributed by atoms with Gasteiger partial charge in [0.2, 0.25) is 11.6 Å². The van der Waals surface area contributed by atoms with Gasteiger partial charge in [-0.25, -0.2) is 0 Å². The molecule has 0 bridgehead atoms. The minimum atomic E-state index is -0.737. The minimum absolute atomic E-state index is 0.112. The molecule has 0 aromatic rings. The van der Waals surface area contributed by atoms with E-state index in [9.17, 15) is 9.59 Å². The van der Waals surface area contributed by atoms with Crippen LogP contribution in [-0.4, -0.2) is 17.3 Å². The van der Waals surface area contributed by atoms with Crippen LogP contribution < -0.4 is 0 Å². The first-order valence-electron chi connectivity index (χ1n) is 5.86. The Balaban J connectivity index is 4.89. The van der Waals surface area contributed by atoms with Crippen LogP contribution >= 0.6 is 0 Å². The van der Waals surface area contributed by atoms with E-state index in [1.165, 1.54) is 0 Å². The van der Waals surface area contributed by atoms with E-state index in [0.29, 0.717) is 12.8 Å². The van der Waals surface area contributed by atoms with Crippen molar-refractivity contribution in [2.45, 2.75) is 47.0 Å². The maximum atomic E-state index is 11.9. The fraction of sp³-hybridized carbons (Fsp3) is 0.692. The summed E-state index contributed by atoms with van der Waals surface area (Å²) in [5.74, 6) is -1.69. The van der Waals surface area contributed by atoms with E-state index >= 15 is 0 Å². The smallest absolute Gasteiger partial charge is 0.242 e. The highest BCUT2D eigenvalue weighted by molar-refractivity contribution is 6.65. The van der Waals surface area contributed by atoms with Crippen molar-refractivity contribution in [3.63, 3.8) is 0 Å². The second kappa shape index (κ2) is 6.29. The van der Waals surface area contributed by atoms with Crippen molar-refractivity contribution in [1.82, 2.24) is 0 Å². The lowest BCUT2D eigenvalue weighted by atomic mass is 9.80. The molecule has 1 atom stereocenters.